The Hall–Kier alpha value is -3.26. The van der Waals surface area contributed by atoms with Gasteiger partial charge < -0.3 is 4.74 Å². The van der Waals surface area contributed by atoms with Gasteiger partial charge in [-0.25, -0.2) is 9.68 Å². The molecule has 0 aliphatic carbocycles. The Morgan fingerprint density at radius 3 is 2.52 bits per heavy atom. The number of nitrogens with zero attached hydrogens (tertiary/aromatic N) is 1. The summed E-state index contributed by atoms with van der Waals surface area (Å²) < 4.78 is 5.50. The summed E-state index contributed by atoms with van der Waals surface area (Å²) in [4.78, 5) is 21.8. The van der Waals surface area contributed by atoms with Gasteiger partial charge in [0, 0.05) is 0 Å². The number of hydrogen-bond acceptors (Lipinski definition) is 5. The Morgan fingerprint density at radius 2 is 1.83 bits per heavy atom. The molecule has 0 atom stereocenters. The van der Waals surface area contributed by atoms with Gasteiger partial charge in [0.1, 0.15) is 11.8 Å². The van der Waals surface area contributed by atoms with Crippen molar-refractivity contribution in [1.82, 2.24) is 0 Å². The lowest BCUT2D eigenvalue weighted by atomic mass is 10.2. The molecular weight excluding hydrogens is 294 g/mol. The quantitative estimate of drug-likeness (QED) is 0.351. The lowest BCUT2D eigenvalue weighted by Crippen LogP contribution is -2.15. The number of carbonyl (C=O) groups excluding carboxylic acids is 1. The number of para-hydroxylation sites is 2. The molecular formula is C18H15NO4. The van der Waals surface area contributed by atoms with Crippen LogP contribution in [0.2, 0.25) is 0 Å². The highest BCUT2D eigenvalue weighted by Crippen LogP contribution is 2.18. The van der Waals surface area contributed by atoms with E-state index in [1.54, 1.807) is 48.5 Å². The molecule has 0 aromatic heterocycles. The van der Waals surface area contributed by atoms with E-state index in [1.807, 2.05) is 19.1 Å². The molecule has 0 spiro atoms. The van der Waals surface area contributed by atoms with Gasteiger partial charge in [-0.1, -0.05) is 37.3 Å². The normalized spacial score (nSPS) is 10.5. The van der Waals surface area contributed by atoms with E-state index in [9.17, 15) is 4.79 Å². The third-order valence-electron chi connectivity index (χ3n) is 2.78. The van der Waals surface area contributed by atoms with Gasteiger partial charge in [-0.15, -0.1) is 0 Å². The maximum atomic E-state index is 12.1. The Morgan fingerprint density at radius 1 is 1.13 bits per heavy atom. The third kappa shape index (κ3) is 4.61. The number of ether oxygens (including phenoxy) is 1. The minimum atomic E-state index is -0.775. The molecule has 0 aliphatic heterocycles. The zero-order chi connectivity index (χ0) is 16.5. The SMILES string of the molecule is CCC=C(Oc1ccccc1)C(=O)OOc1ccccc1C#N. The first-order valence-corrected chi connectivity index (χ1v) is 7.05. The van der Waals surface area contributed by atoms with Crippen molar-refractivity contribution in [3.05, 3.63) is 72.0 Å². The van der Waals surface area contributed by atoms with E-state index in [1.165, 1.54) is 6.07 Å². The average Bonchev–Trinajstić information content (AvgIpc) is 2.60. The van der Waals surface area contributed by atoms with Crippen molar-refractivity contribution in [2.24, 2.45) is 0 Å². The zero-order valence-corrected chi connectivity index (χ0v) is 12.6. The fourth-order valence-corrected chi connectivity index (χ4v) is 1.72. The van der Waals surface area contributed by atoms with Gasteiger partial charge in [0.05, 0.1) is 5.56 Å². The van der Waals surface area contributed by atoms with Crippen molar-refractivity contribution < 1.29 is 19.3 Å². The fraction of sp³-hybridized carbons (Fsp3) is 0.111. The molecule has 2 aromatic carbocycles. The van der Waals surface area contributed by atoms with Crippen LogP contribution in [-0.4, -0.2) is 5.97 Å². The van der Waals surface area contributed by atoms with Gasteiger partial charge >= 0.3 is 5.97 Å². The number of allylic oxidation sites excluding steroid dienone is 1. The maximum Gasteiger partial charge on any atom is 0.420 e. The summed E-state index contributed by atoms with van der Waals surface area (Å²) in [5.41, 5.74) is 0.269. The van der Waals surface area contributed by atoms with Crippen LogP contribution in [0, 0.1) is 11.3 Å². The van der Waals surface area contributed by atoms with Crippen molar-refractivity contribution in [2.45, 2.75) is 13.3 Å². The van der Waals surface area contributed by atoms with Gasteiger partial charge in [-0.2, -0.15) is 5.26 Å². The molecule has 0 aliphatic rings. The fourth-order valence-electron chi connectivity index (χ4n) is 1.72. The molecule has 0 fully saturated rings. The van der Waals surface area contributed by atoms with Crippen LogP contribution in [-0.2, 0) is 9.68 Å². The summed E-state index contributed by atoms with van der Waals surface area (Å²) in [5, 5.41) is 8.97. The predicted octanol–water partition coefficient (Wildman–Crippen LogP) is 3.77. The van der Waals surface area contributed by atoms with Crippen LogP contribution in [0.1, 0.15) is 18.9 Å². The Labute approximate surface area is 134 Å². The third-order valence-corrected chi connectivity index (χ3v) is 2.78. The Bertz CT molecular complexity index is 732. The van der Waals surface area contributed by atoms with Crippen LogP contribution >= 0.6 is 0 Å². The van der Waals surface area contributed by atoms with Crippen LogP contribution in [0.3, 0.4) is 0 Å². The molecule has 0 heterocycles. The highest BCUT2D eigenvalue weighted by molar-refractivity contribution is 5.86. The first kappa shape index (κ1) is 16.1. The summed E-state index contributed by atoms with van der Waals surface area (Å²) >= 11 is 0. The van der Waals surface area contributed by atoms with Crippen molar-refractivity contribution in [1.29, 1.82) is 5.26 Å². The van der Waals surface area contributed by atoms with Crippen LogP contribution in [0.15, 0.2) is 66.4 Å². The minimum absolute atomic E-state index is 0.0214. The largest absolute Gasteiger partial charge is 0.450 e. The molecule has 0 saturated heterocycles. The van der Waals surface area contributed by atoms with Crippen LogP contribution in [0.25, 0.3) is 0 Å². The maximum absolute atomic E-state index is 12.1. The van der Waals surface area contributed by atoms with E-state index in [4.69, 9.17) is 19.8 Å². The van der Waals surface area contributed by atoms with Crippen molar-refractivity contribution in [3.8, 4) is 17.6 Å². The number of carbonyl (C=O) groups is 1. The summed E-state index contributed by atoms with van der Waals surface area (Å²) in [6, 6.07) is 17.3. The summed E-state index contributed by atoms with van der Waals surface area (Å²) in [5.74, 6) is -0.0722. The van der Waals surface area contributed by atoms with E-state index >= 15 is 0 Å². The van der Waals surface area contributed by atoms with Crippen molar-refractivity contribution >= 4 is 5.97 Å². The van der Waals surface area contributed by atoms with Gasteiger partial charge in [-0.05, 0) is 36.8 Å². The molecule has 116 valence electrons. The molecule has 0 unspecified atom stereocenters. The van der Waals surface area contributed by atoms with Crippen LogP contribution < -0.4 is 9.62 Å². The van der Waals surface area contributed by atoms with E-state index in [0.29, 0.717) is 12.2 Å². The lowest BCUT2D eigenvalue weighted by molar-refractivity contribution is -0.211. The number of nitriles is 1. The molecule has 0 amide bonds. The molecule has 2 aromatic rings. The number of hydrogen-bond donors (Lipinski definition) is 0. The van der Waals surface area contributed by atoms with E-state index in [0.717, 1.165) is 0 Å². The minimum Gasteiger partial charge on any atom is -0.450 e. The summed E-state index contributed by atoms with van der Waals surface area (Å²) in [6.45, 7) is 1.87. The molecule has 0 saturated carbocycles. The lowest BCUT2D eigenvalue weighted by Gasteiger charge is -2.09. The summed E-state index contributed by atoms with van der Waals surface area (Å²) in [7, 11) is 0. The zero-order valence-electron chi connectivity index (χ0n) is 12.6. The Kier molecular flexibility index (Phi) is 5.78. The van der Waals surface area contributed by atoms with Gasteiger partial charge in [0.2, 0.25) is 5.76 Å². The number of rotatable bonds is 6. The highest BCUT2D eigenvalue weighted by Gasteiger charge is 2.16. The van der Waals surface area contributed by atoms with E-state index in [2.05, 4.69) is 0 Å². The average molecular weight is 309 g/mol. The molecule has 2 rings (SSSR count). The smallest absolute Gasteiger partial charge is 0.420 e. The monoisotopic (exact) mass is 309 g/mol. The van der Waals surface area contributed by atoms with Gasteiger partial charge in [0.25, 0.3) is 0 Å². The van der Waals surface area contributed by atoms with Gasteiger partial charge in [0.15, 0.2) is 5.75 Å². The molecule has 23 heavy (non-hydrogen) atoms. The first-order valence-electron chi connectivity index (χ1n) is 7.05. The second-order valence-electron chi connectivity index (χ2n) is 4.45. The van der Waals surface area contributed by atoms with E-state index in [-0.39, 0.29) is 17.1 Å². The van der Waals surface area contributed by atoms with Crippen molar-refractivity contribution in [3.63, 3.8) is 0 Å². The topological polar surface area (TPSA) is 68.6 Å². The standard InChI is InChI=1S/C18H15NO4/c1-2-8-17(21-15-10-4-3-5-11-15)18(20)23-22-16-12-7-6-9-14(16)13-19/h3-12H,2H2,1H3. The number of benzene rings is 2. The summed E-state index contributed by atoms with van der Waals surface area (Å²) in [6.07, 6.45) is 2.18. The Balaban J connectivity index is 2.04. The van der Waals surface area contributed by atoms with Crippen molar-refractivity contribution in [2.75, 3.05) is 0 Å². The molecule has 0 radical (unpaired) electrons. The molecule has 5 heteroatoms. The first-order chi connectivity index (χ1) is 11.2. The molecule has 5 nitrogen and oxygen atoms in total. The predicted molar refractivity (Wildman–Crippen MR) is 83.3 cm³/mol. The van der Waals surface area contributed by atoms with Crippen LogP contribution in [0.5, 0.6) is 11.5 Å². The highest BCUT2D eigenvalue weighted by atomic mass is 17.2. The second-order valence-corrected chi connectivity index (χ2v) is 4.45. The van der Waals surface area contributed by atoms with Gasteiger partial charge in [-0.3, -0.25) is 4.89 Å². The second kappa shape index (κ2) is 8.25. The molecule has 0 N–H and O–H groups in total. The van der Waals surface area contributed by atoms with Crippen LogP contribution in [0.4, 0.5) is 0 Å². The van der Waals surface area contributed by atoms with E-state index < -0.39 is 5.97 Å². The molecule has 0 bridgehead atoms.